The lowest BCUT2D eigenvalue weighted by atomic mass is 9.95. The summed E-state index contributed by atoms with van der Waals surface area (Å²) in [7, 11) is 0. The van der Waals surface area contributed by atoms with Crippen molar-refractivity contribution in [3.05, 3.63) is 200 Å². The Balaban J connectivity index is 1.02. The van der Waals surface area contributed by atoms with Crippen LogP contribution in [0.3, 0.4) is 0 Å². The third kappa shape index (κ3) is 6.72. The molecule has 0 amide bonds. The number of fused-ring (bicyclic) bond motifs is 3. The minimum absolute atomic E-state index is 0.621. The molecule has 3 heterocycles. The third-order valence-electron chi connectivity index (χ3n) is 10.4. The van der Waals surface area contributed by atoms with E-state index in [1.54, 1.807) is 0 Å². The van der Waals surface area contributed by atoms with E-state index in [1.165, 1.54) is 5.56 Å². The Morgan fingerprint density at radius 2 is 0.754 bits per heavy atom. The molecular weight excluding hydrogens is 695 g/mol. The van der Waals surface area contributed by atoms with E-state index in [0.29, 0.717) is 17.5 Å². The molecule has 0 saturated carbocycles. The molecular formula is C52H35N5. The second-order valence-electron chi connectivity index (χ2n) is 14.2. The van der Waals surface area contributed by atoms with Gasteiger partial charge in [0.05, 0.1) is 16.7 Å². The van der Waals surface area contributed by atoms with Gasteiger partial charge in [-0.15, -0.1) is 0 Å². The highest BCUT2D eigenvalue weighted by Crippen LogP contribution is 2.36. The van der Waals surface area contributed by atoms with Gasteiger partial charge in [-0.25, -0.2) is 19.9 Å². The van der Waals surface area contributed by atoms with E-state index in [2.05, 4.69) is 158 Å². The number of nitrogens with zero attached hydrogens (tertiary/aromatic N) is 5. The van der Waals surface area contributed by atoms with E-state index in [0.717, 1.165) is 83.3 Å². The Bertz CT molecular complexity index is 3040. The molecule has 0 bridgehead atoms. The van der Waals surface area contributed by atoms with Gasteiger partial charge in [0.2, 0.25) is 0 Å². The predicted octanol–water partition coefficient (Wildman–Crippen LogP) is 12.9. The molecule has 0 radical (unpaired) electrons. The fraction of sp³-hybridized carbons (Fsp3) is 0.0192. The second-order valence-corrected chi connectivity index (χ2v) is 14.2. The molecule has 5 heteroatoms. The Hall–Kier alpha value is -7.63. The van der Waals surface area contributed by atoms with E-state index >= 15 is 0 Å². The molecule has 10 aromatic rings. The molecule has 0 atom stereocenters. The van der Waals surface area contributed by atoms with Crippen molar-refractivity contribution < 1.29 is 0 Å². The summed E-state index contributed by atoms with van der Waals surface area (Å²) in [6, 6.07) is 67.2. The molecule has 0 aliphatic rings. The van der Waals surface area contributed by atoms with Crippen molar-refractivity contribution in [2.45, 2.75) is 6.92 Å². The van der Waals surface area contributed by atoms with Crippen molar-refractivity contribution in [2.75, 3.05) is 0 Å². The van der Waals surface area contributed by atoms with Crippen LogP contribution in [-0.4, -0.2) is 24.9 Å². The molecule has 268 valence electrons. The van der Waals surface area contributed by atoms with Crippen molar-refractivity contribution in [3.8, 4) is 78.8 Å². The third-order valence-corrected chi connectivity index (χ3v) is 10.4. The standard InChI is InChI=1S/C52H35N5/c1-34-20-21-39-30-31-45-46(38-14-7-3-8-15-38)33-47(54-49(45)48(39)53-34)44-19-11-18-43(32-44)37-24-28-42(29-25-37)52-56-50(40-16-9-4-10-17-40)55-51(57-52)41-26-22-36(23-27-41)35-12-5-2-6-13-35/h2-33H,1H3. The Labute approximate surface area is 331 Å². The van der Waals surface area contributed by atoms with Gasteiger partial charge in [-0.2, -0.15) is 0 Å². The normalized spacial score (nSPS) is 11.2. The number of aromatic nitrogens is 5. The SMILES string of the molecule is Cc1ccc2ccc3c(-c4ccccc4)cc(-c4cccc(-c5ccc(-c6nc(-c7ccccc7)nc(-c7ccc(-c8ccccc8)cc7)n6)cc5)c4)nc3c2n1. The quantitative estimate of drug-likeness (QED) is 0.153. The van der Waals surface area contributed by atoms with E-state index in [9.17, 15) is 0 Å². The van der Waals surface area contributed by atoms with E-state index in [-0.39, 0.29) is 0 Å². The maximum atomic E-state index is 5.29. The zero-order valence-corrected chi connectivity index (χ0v) is 31.2. The van der Waals surface area contributed by atoms with Crippen LogP contribution < -0.4 is 0 Å². The van der Waals surface area contributed by atoms with Gasteiger partial charge in [-0.3, -0.25) is 4.98 Å². The molecule has 10 rings (SSSR count). The van der Waals surface area contributed by atoms with Crippen LogP contribution in [0.4, 0.5) is 0 Å². The minimum atomic E-state index is 0.621. The highest BCUT2D eigenvalue weighted by atomic mass is 15.0. The van der Waals surface area contributed by atoms with Crippen molar-refractivity contribution in [1.82, 2.24) is 24.9 Å². The van der Waals surface area contributed by atoms with Crippen LogP contribution in [0.1, 0.15) is 5.69 Å². The average Bonchev–Trinajstić information content (AvgIpc) is 3.29. The summed E-state index contributed by atoms with van der Waals surface area (Å²) in [5.41, 5.74) is 14.3. The van der Waals surface area contributed by atoms with Gasteiger partial charge in [0.15, 0.2) is 17.5 Å². The first-order valence-electron chi connectivity index (χ1n) is 19.1. The summed E-state index contributed by atoms with van der Waals surface area (Å²) < 4.78 is 0. The molecule has 0 aliphatic carbocycles. The van der Waals surface area contributed by atoms with Gasteiger partial charge in [-0.05, 0) is 58.5 Å². The smallest absolute Gasteiger partial charge is 0.164 e. The molecule has 0 spiro atoms. The number of rotatable bonds is 7. The monoisotopic (exact) mass is 729 g/mol. The molecule has 0 N–H and O–H groups in total. The zero-order valence-electron chi connectivity index (χ0n) is 31.2. The van der Waals surface area contributed by atoms with Crippen LogP contribution in [0.2, 0.25) is 0 Å². The van der Waals surface area contributed by atoms with Crippen molar-refractivity contribution >= 4 is 21.8 Å². The number of pyridine rings is 2. The lowest BCUT2D eigenvalue weighted by molar-refractivity contribution is 1.07. The topological polar surface area (TPSA) is 64.5 Å². The predicted molar refractivity (Wildman–Crippen MR) is 233 cm³/mol. The summed E-state index contributed by atoms with van der Waals surface area (Å²) >= 11 is 0. The molecule has 0 fully saturated rings. The second kappa shape index (κ2) is 14.5. The van der Waals surface area contributed by atoms with Gasteiger partial charge in [-0.1, -0.05) is 176 Å². The fourth-order valence-electron chi connectivity index (χ4n) is 7.44. The van der Waals surface area contributed by atoms with Gasteiger partial charge in [0, 0.05) is 38.7 Å². The highest BCUT2D eigenvalue weighted by Gasteiger charge is 2.16. The molecule has 57 heavy (non-hydrogen) atoms. The van der Waals surface area contributed by atoms with Crippen LogP contribution in [0.5, 0.6) is 0 Å². The number of hydrogen-bond donors (Lipinski definition) is 0. The van der Waals surface area contributed by atoms with Gasteiger partial charge < -0.3 is 0 Å². The van der Waals surface area contributed by atoms with Crippen molar-refractivity contribution in [1.29, 1.82) is 0 Å². The first kappa shape index (κ1) is 33.9. The number of benzene rings is 7. The minimum Gasteiger partial charge on any atom is -0.251 e. The largest absolute Gasteiger partial charge is 0.251 e. The molecule has 0 unspecified atom stereocenters. The van der Waals surface area contributed by atoms with Crippen LogP contribution >= 0.6 is 0 Å². The Morgan fingerprint density at radius 3 is 1.37 bits per heavy atom. The van der Waals surface area contributed by atoms with Crippen LogP contribution in [0.25, 0.3) is 101 Å². The molecule has 5 nitrogen and oxygen atoms in total. The van der Waals surface area contributed by atoms with Gasteiger partial charge in [0.1, 0.15) is 0 Å². The first-order chi connectivity index (χ1) is 28.1. The number of aryl methyl sites for hydroxylation is 1. The summed E-state index contributed by atoms with van der Waals surface area (Å²) in [6.07, 6.45) is 0. The summed E-state index contributed by atoms with van der Waals surface area (Å²) in [5.74, 6) is 1.89. The fourth-order valence-corrected chi connectivity index (χ4v) is 7.44. The van der Waals surface area contributed by atoms with E-state index in [4.69, 9.17) is 24.9 Å². The molecule has 7 aromatic carbocycles. The summed E-state index contributed by atoms with van der Waals surface area (Å²) in [4.78, 5) is 25.2. The average molecular weight is 730 g/mol. The van der Waals surface area contributed by atoms with E-state index in [1.807, 2.05) is 43.3 Å². The Morgan fingerprint density at radius 1 is 0.298 bits per heavy atom. The van der Waals surface area contributed by atoms with Gasteiger partial charge >= 0.3 is 0 Å². The number of hydrogen-bond acceptors (Lipinski definition) is 5. The van der Waals surface area contributed by atoms with Crippen molar-refractivity contribution in [3.63, 3.8) is 0 Å². The lowest BCUT2D eigenvalue weighted by Gasteiger charge is -2.13. The lowest BCUT2D eigenvalue weighted by Crippen LogP contribution is -2.00. The highest BCUT2D eigenvalue weighted by molar-refractivity contribution is 6.09. The molecule has 3 aromatic heterocycles. The van der Waals surface area contributed by atoms with Gasteiger partial charge in [0.25, 0.3) is 0 Å². The zero-order chi connectivity index (χ0) is 38.1. The first-order valence-corrected chi connectivity index (χ1v) is 19.1. The summed E-state index contributed by atoms with van der Waals surface area (Å²) in [6.45, 7) is 2.03. The van der Waals surface area contributed by atoms with Crippen LogP contribution in [0.15, 0.2) is 194 Å². The van der Waals surface area contributed by atoms with Crippen molar-refractivity contribution in [2.24, 2.45) is 0 Å². The summed E-state index contributed by atoms with van der Waals surface area (Å²) in [5, 5.41) is 2.16. The Kier molecular flexibility index (Phi) is 8.65. The van der Waals surface area contributed by atoms with Crippen LogP contribution in [0, 0.1) is 6.92 Å². The maximum absolute atomic E-state index is 5.29. The maximum Gasteiger partial charge on any atom is 0.164 e. The van der Waals surface area contributed by atoms with Crippen LogP contribution in [-0.2, 0) is 0 Å². The molecule has 0 aliphatic heterocycles. The van der Waals surface area contributed by atoms with E-state index < -0.39 is 0 Å². The molecule has 0 saturated heterocycles.